The maximum atomic E-state index is 13.2. The largest absolute Gasteiger partial charge is 0.543 e. The number of rotatable bonds is 10. The Morgan fingerprint density at radius 3 is 2.62 bits per heavy atom. The Morgan fingerprint density at radius 2 is 2.03 bits per heavy atom. The molecule has 1 saturated heterocycles. The zero-order valence-corrected chi connectivity index (χ0v) is 21.5. The number of aromatic nitrogens is 2. The predicted molar refractivity (Wildman–Crippen MR) is 131 cm³/mol. The number of pyridine rings is 1. The Hall–Kier alpha value is -3.78. The number of hydrogen-bond acceptors (Lipinski definition) is 11. The number of nitrogen functional groups attached to an aromatic ring is 1. The Kier molecular flexibility index (Phi) is 7.32. The monoisotopic (exact) mass is 545 g/mol. The standard InChI is InChI=1S/C23H23N5O7S2/c1-23(2,21(33)34)35-26-16(14-11-37-22(24)25-14)15(29)8-13-18(30)28-17(20(31)32)12(10-36-19(13)28)9-27-6-4-3-5-7-27/h3-7,11,13,19H,8-10H2,1-2H3,(H3-,24,25,31,32,33,34)/b26-16-/t13-,19-/m1/s1. The highest BCUT2D eigenvalue weighted by Gasteiger charge is 2.53. The fraction of sp³-hybridized carbons (Fsp3) is 0.348. The summed E-state index contributed by atoms with van der Waals surface area (Å²) in [6.45, 7) is 2.80. The second-order valence-electron chi connectivity index (χ2n) is 8.85. The van der Waals surface area contributed by atoms with Crippen LogP contribution in [0, 0.1) is 5.92 Å². The number of anilines is 1. The highest BCUT2D eigenvalue weighted by atomic mass is 32.2. The molecule has 14 heteroatoms. The second kappa shape index (κ2) is 10.3. The molecule has 12 nitrogen and oxygen atoms in total. The van der Waals surface area contributed by atoms with Crippen LogP contribution in [-0.2, 0) is 30.6 Å². The molecule has 4 heterocycles. The molecule has 194 valence electrons. The summed E-state index contributed by atoms with van der Waals surface area (Å²) < 4.78 is 1.80. The van der Waals surface area contributed by atoms with E-state index in [9.17, 15) is 29.4 Å². The van der Waals surface area contributed by atoms with Gasteiger partial charge in [-0.3, -0.25) is 14.5 Å². The topological polar surface area (TPSA) is 179 Å². The molecular formula is C23H23N5O7S2. The molecule has 2 aromatic heterocycles. The van der Waals surface area contributed by atoms with Gasteiger partial charge < -0.3 is 25.6 Å². The van der Waals surface area contributed by atoms with Gasteiger partial charge >= 0.3 is 5.97 Å². The van der Waals surface area contributed by atoms with Crippen molar-refractivity contribution in [3.05, 3.63) is 52.9 Å². The maximum Gasteiger partial charge on any atom is 0.350 e. The Morgan fingerprint density at radius 1 is 1.32 bits per heavy atom. The van der Waals surface area contributed by atoms with Gasteiger partial charge in [-0.25, -0.2) is 14.3 Å². The van der Waals surface area contributed by atoms with Crippen LogP contribution >= 0.6 is 23.1 Å². The van der Waals surface area contributed by atoms with Crippen molar-refractivity contribution in [3.8, 4) is 0 Å². The number of ketones is 1. The number of nitrogens with two attached hydrogens (primary N) is 1. The van der Waals surface area contributed by atoms with Crippen molar-refractivity contribution in [2.24, 2.45) is 11.1 Å². The van der Waals surface area contributed by atoms with Crippen LogP contribution in [-0.4, -0.2) is 61.1 Å². The van der Waals surface area contributed by atoms with Crippen LogP contribution < -0.4 is 15.4 Å². The molecule has 0 aromatic carbocycles. The molecule has 0 aliphatic carbocycles. The van der Waals surface area contributed by atoms with Gasteiger partial charge in [-0.15, -0.1) is 23.1 Å². The average Bonchev–Trinajstić information content (AvgIpc) is 3.28. The molecule has 0 saturated carbocycles. The molecule has 2 atom stereocenters. The minimum atomic E-state index is -1.73. The van der Waals surface area contributed by atoms with Crippen LogP contribution in [0.25, 0.3) is 0 Å². The zero-order chi connectivity index (χ0) is 26.9. The van der Waals surface area contributed by atoms with Crippen LogP contribution in [0.4, 0.5) is 5.13 Å². The average molecular weight is 546 g/mol. The number of aliphatic carboxylic acids is 2. The number of oxime groups is 1. The first kappa shape index (κ1) is 26.3. The number of nitrogens with zero attached hydrogens (tertiary/aromatic N) is 4. The van der Waals surface area contributed by atoms with Crippen molar-refractivity contribution in [1.82, 2.24) is 9.88 Å². The number of fused-ring (bicyclic) bond motifs is 1. The van der Waals surface area contributed by atoms with Gasteiger partial charge in [-0.1, -0.05) is 11.2 Å². The third kappa shape index (κ3) is 5.34. The second-order valence-corrected chi connectivity index (χ2v) is 10.8. The molecule has 1 amide bonds. The number of carbonyl (C=O) groups is 4. The van der Waals surface area contributed by atoms with E-state index in [2.05, 4.69) is 10.1 Å². The lowest BCUT2D eigenvalue weighted by atomic mass is 9.89. The number of carbonyl (C=O) groups excluding carboxylic acids is 3. The van der Waals surface area contributed by atoms with Gasteiger partial charge in [0.25, 0.3) is 0 Å². The van der Waals surface area contributed by atoms with E-state index in [4.69, 9.17) is 10.6 Å². The molecule has 0 spiro atoms. The van der Waals surface area contributed by atoms with E-state index in [1.54, 1.807) is 17.0 Å². The summed E-state index contributed by atoms with van der Waals surface area (Å²) in [5, 5.41) is 26.1. The minimum absolute atomic E-state index is 0.0890. The molecule has 2 aliphatic heterocycles. The van der Waals surface area contributed by atoms with Crippen molar-refractivity contribution in [2.75, 3.05) is 11.5 Å². The maximum absolute atomic E-state index is 13.2. The molecule has 3 N–H and O–H groups in total. The normalized spacial score (nSPS) is 19.8. The lowest BCUT2D eigenvalue weighted by Crippen LogP contribution is -2.63. The van der Waals surface area contributed by atoms with Crippen LogP contribution in [0.5, 0.6) is 0 Å². The number of thioether (sulfide) groups is 1. The summed E-state index contributed by atoms with van der Waals surface area (Å²) in [6.07, 6.45) is 3.27. The van der Waals surface area contributed by atoms with Crippen molar-refractivity contribution < 1.29 is 38.8 Å². The van der Waals surface area contributed by atoms with E-state index in [-0.39, 0.29) is 35.2 Å². The van der Waals surface area contributed by atoms with E-state index < -0.39 is 40.5 Å². The molecule has 1 fully saturated rings. The number of Topliss-reactive ketones (excluding diaryl/α,β-unsaturated/α-hetero) is 1. The van der Waals surface area contributed by atoms with Crippen LogP contribution in [0.3, 0.4) is 0 Å². The Balaban J connectivity index is 1.55. The highest BCUT2D eigenvalue weighted by Crippen LogP contribution is 2.45. The van der Waals surface area contributed by atoms with Gasteiger partial charge in [-0.05, 0) is 13.8 Å². The fourth-order valence-corrected chi connectivity index (χ4v) is 5.77. The highest BCUT2D eigenvalue weighted by molar-refractivity contribution is 8.00. The molecule has 0 unspecified atom stereocenters. The first-order chi connectivity index (χ1) is 17.5. The first-order valence-electron chi connectivity index (χ1n) is 11.1. The number of amides is 1. The molecule has 2 aliphatic rings. The van der Waals surface area contributed by atoms with Crippen LogP contribution in [0.15, 0.2) is 52.4 Å². The number of carboxylic acids is 2. The number of β-lactam (4-membered cyclic amide) rings is 1. The van der Waals surface area contributed by atoms with Gasteiger partial charge in [0, 0.05) is 35.3 Å². The zero-order valence-electron chi connectivity index (χ0n) is 19.8. The van der Waals surface area contributed by atoms with Crippen LogP contribution in [0.1, 0.15) is 26.0 Å². The van der Waals surface area contributed by atoms with Crippen molar-refractivity contribution >= 4 is 57.6 Å². The molecule has 37 heavy (non-hydrogen) atoms. The molecule has 2 aromatic rings. The summed E-state index contributed by atoms with van der Waals surface area (Å²) >= 11 is 2.41. The third-order valence-electron chi connectivity index (χ3n) is 5.82. The Bertz CT molecular complexity index is 1320. The number of thiazole rings is 1. The molecule has 0 radical (unpaired) electrons. The number of hydrogen-bond donors (Lipinski definition) is 2. The van der Waals surface area contributed by atoms with E-state index in [1.807, 2.05) is 18.2 Å². The minimum Gasteiger partial charge on any atom is -0.543 e. The quantitative estimate of drug-likeness (QED) is 0.176. The van der Waals surface area contributed by atoms with Gasteiger partial charge in [-0.2, -0.15) is 0 Å². The van der Waals surface area contributed by atoms with E-state index in [0.29, 0.717) is 11.3 Å². The molecule has 0 bridgehead atoms. The SMILES string of the molecule is CC(C)(O/N=C(\C(=O)C[C@@H]1C(=O)N2C(C(=O)[O-])=C(C[n+]3ccccc3)CS[C@H]12)c1csc(N)n1)C(=O)O. The summed E-state index contributed by atoms with van der Waals surface area (Å²) in [5.41, 5.74) is 4.12. The summed E-state index contributed by atoms with van der Waals surface area (Å²) in [5.74, 6) is -4.37. The lowest BCUT2D eigenvalue weighted by molar-refractivity contribution is -0.689. The van der Waals surface area contributed by atoms with Crippen molar-refractivity contribution in [2.45, 2.75) is 37.8 Å². The third-order valence-corrected chi connectivity index (χ3v) is 7.89. The Labute approximate surface area is 219 Å². The van der Waals surface area contributed by atoms with Gasteiger partial charge in [0.2, 0.25) is 11.5 Å². The van der Waals surface area contributed by atoms with E-state index in [1.165, 1.54) is 35.9 Å². The predicted octanol–water partition coefficient (Wildman–Crippen LogP) is -0.209. The van der Waals surface area contributed by atoms with E-state index >= 15 is 0 Å². The molecular weight excluding hydrogens is 522 g/mol. The summed E-state index contributed by atoms with van der Waals surface area (Å²) in [7, 11) is 0. The smallest absolute Gasteiger partial charge is 0.350 e. The fourth-order valence-electron chi connectivity index (χ4n) is 3.82. The lowest BCUT2D eigenvalue weighted by Gasteiger charge is -2.50. The van der Waals surface area contributed by atoms with Crippen molar-refractivity contribution in [1.29, 1.82) is 0 Å². The van der Waals surface area contributed by atoms with Crippen molar-refractivity contribution in [3.63, 3.8) is 0 Å². The van der Waals surface area contributed by atoms with Gasteiger partial charge in [0.05, 0.1) is 23.0 Å². The summed E-state index contributed by atoms with van der Waals surface area (Å²) in [4.78, 5) is 60.0. The van der Waals surface area contributed by atoms with Gasteiger partial charge in [0.15, 0.2) is 35.6 Å². The number of carboxylic acid groups (broad SMARTS) is 2. The first-order valence-corrected chi connectivity index (χ1v) is 13.0. The van der Waals surface area contributed by atoms with Crippen LogP contribution in [0.2, 0.25) is 0 Å². The van der Waals surface area contributed by atoms with E-state index in [0.717, 1.165) is 11.3 Å². The molecule has 4 rings (SSSR count). The summed E-state index contributed by atoms with van der Waals surface area (Å²) in [6, 6.07) is 5.46. The van der Waals surface area contributed by atoms with Gasteiger partial charge in [0.1, 0.15) is 5.69 Å².